The maximum absolute atomic E-state index is 14.9. The second-order valence-corrected chi connectivity index (χ2v) is 10.5. The molecule has 0 N–H and O–H groups in total. The summed E-state index contributed by atoms with van der Waals surface area (Å²) in [6.45, 7) is 9.29. The number of aromatic nitrogens is 2. The monoisotopic (exact) mass is 508 g/mol. The van der Waals surface area contributed by atoms with Crippen LogP contribution in [-0.2, 0) is 6.42 Å². The van der Waals surface area contributed by atoms with Crippen LogP contribution < -0.4 is 9.64 Å². The Kier molecular flexibility index (Phi) is 8.05. The number of aryl methyl sites for hydroxylation is 1. The molecule has 196 valence electrons. The zero-order valence-electron chi connectivity index (χ0n) is 21.9. The van der Waals surface area contributed by atoms with Gasteiger partial charge in [-0.3, -0.25) is 0 Å². The molecule has 1 saturated heterocycles. The zero-order valence-corrected chi connectivity index (χ0v) is 21.9. The van der Waals surface area contributed by atoms with Crippen LogP contribution in [0.4, 0.5) is 14.7 Å². The van der Waals surface area contributed by atoms with Gasteiger partial charge in [0.05, 0.1) is 6.61 Å². The van der Waals surface area contributed by atoms with Crippen molar-refractivity contribution in [3.8, 4) is 16.9 Å². The van der Waals surface area contributed by atoms with E-state index in [1.54, 1.807) is 24.3 Å². The Bertz CT molecular complexity index is 1220. The molecule has 0 spiro atoms. The molecule has 0 unspecified atom stereocenters. The molecule has 2 heterocycles. The van der Waals surface area contributed by atoms with Crippen molar-refractivity contribution in [1.29, 1.82) is 0 Å². The Morgan fingerprint density at radius 2 is 1.70 bits per heavy atom. The second-order valence-electron chi connectivity index (χ2n) is 10.5. The normalized spacial score (nSPS) is 15.2. The number of piperidine rings is 1. The standard InChI is InChI=1S/C29H34F2N4O2/c1-5-20-16-32-28(33-17-20)34-11-9-21(10-12-34)19-37-27-25(30)14-24(15-26(27)31)23-8-6-7-22(13-23)18-35(36)29(2,3)4/h6-8,13-18,21H,5,9-12,19H2,1-4H3/b35-18-. The van der Waals surface area contributed by atoms with E-state index in [0.717, 1.165) is 42.7 Å². The largest absolute Gasteiger partial charge is 0.623 e. The summed E-state index contributed by atoms with van der Waals surface area (Å²) in [6, 6.07) is 9.58. The number of anilines is 1. The van der Waals surface area contributed by atoms with Gasteiger partial charge in [-0.25, -0.2) is 23.5 Å². The highest BCUT2D eigenvalue weighted by Crippen LogP contribution is 2.31. The third-order valence-corrected chi connectivity index (χ3v) is 6.61. The highest BCUT2D eigenvalue weighted by Gasteiger charge is 2.23. The van der Waals surface area contributed by atoms with E-state index in [4.69, 9.17) is 4.74 Å². The number of hydrogen-bond acceptors (Lipinski definition) is 5. The van der Waals surface area contributed by atoms with Crippen molar-refractivity contribution in [2.75, 3.05) is 24.6 Å². The summed E-state index contributed by atoms with van der Waals surface area (Å²) >= 11 is 0. The van der Waals surface area contributed by atoms with Crippen LogP contribution >= 0.6 is 0 Å². The van der Waals surface area contributed by atoms with E-state index >= 15 is 0 Å². The first-order valence-corrected chi connectivity index (χ1v) is 12.7. The average molecular weight is 509 g/mol. The molecule has 0 radical (unpaired) electrons. The van der Waals surface area contributed by atoms with E-state index in [-0.39, 0.29) is 18.3 Å². The van der Waals surface area contributed by atoms with E-state index in [1.807, 2.05) is 33.2 Å². The predicted octanol–water partition coefficient (Wildman–Crippen LogP) is 6.01. The van der Waals surface area contributed by atoms with Crippen LogP contribution in [0, 0.1) is 22.8 Å². The van der Waals surface area contributed by atoms with Crippen LogP contribution in [0.25, 0.3) is 11.1 Å². The first-order chi connectivity index (χ1) is 17.6. The van der Waals surface area contributed by atoms with Crippen molar-refractivity contribution in [3.63, 3.8) is 0 Å². The van der Waals surface area contributed by atoms with Gasteiger partial charge < -0.3 is 14.8 Å². The van der Waals surface area contributed by atoms with E-state index in [2.05, 4.69) is 21.8 Å². The minimum absolute atomic E-state index is 0.190. The van der Waals surface area contributed by atoms with Crippen LogP contribution in [0.3, 0.4) is 0 Å². The Morgan fingerprint density at radius 3 is 2.30 bits per heavy atom. The number of hydroxylamine groups is 1. The van der Waals surface area contributed by atoms with E-state index in [9.17, 15) is 14.0 Å². The molecule has 6 nitrogen and oxygen atoms in total. The number of ether oxygens (including phenoxy) is 1. The van der Waals surface area contributed by atoms with Crippen molar-refractivity contribution >= 4 is 12.2 Å². The van der Waals surface area contributed by atoms with Gasteiger partial charge in [-0.15, -0.1) is 0 Å². The quantitative estimate of drug-likeness (QED) is 0.169. The molecule has 1 aromatic heterocycles. The molecule has 1 aliphatic heterocycles. The predicted molar refractivity (Wildman–Crippen MR) is 142 cm³/mol. The van der Waals surface area contributed by atoms with Crippen LogP contribution in [0.2, 0.25) is 0 Å². The third kappa shape index (κ3) is 6.61. The lowest BCUT2D eigenvalue weighted by atomic mass is 9.98. The molecule has 3 aromatic rings. The summed E-state index contributed by atoms with van der Waals surface area (Å²) in [4.78, 5) is 11.0. The molecule has 4 rings (SSSR count). The minimum atomic E-state index is -0.744. The Labute approximate surface area is 217 Å². The van der Waals surface area contributed by atoms with Crippen LogP contribution in [0.1, 0.15) is 51.7 Å². The van der Waals surface area contributed by atoms with Gasteiger partial charge in [-0.05, 0) is 66.1 Å². The van der Waals surface area contributed by atoms with Gasteiger partial charge in [0, 0.05) is 51.8 Å². The molecule has 2 aromatic carbocycles. The van der Waals surface area contributed by atoms with Crippen molar-refractivity contribution in [2.24, 2.45) is 5.92 Å². The number of benzene rings is 2. The van der Waals surface area contributed by atoms with Crippen molar-refractivity contribution in [3.05, 3.63) is 76.8 Å². The van der Waals surface area contributed by atoms with Gasteiger partial charge in [-0.1, -0.05) is 19.1 Å². The lowest BCUT2D eigenvalue weighted by Gasteiger charge is -2.31. The van der Waals surface area contributed by atoms with Gasteiger partial charge in [0.1, 0.15) is 0 Å². The first-order valence-electron chi connectivity index (χ1n) is 12.7. The smallest absolute Gasteiger partial charge is 0.225 e. The van der Waals surface area contributed by atoms with Gasteiger partial charge in [0.25, 0.3) is 0 Å². The maximum Gasteiger partial charge on any atom is 0.225 e. The fourth-order valence-electron chi connectivity index (χ4n) is 4.19. The second kappa shape index (κ2) is 11.2. The van der Waals surface area contributed by atoms with E-state index in [1.165, 1.54) is 18.3 Å². The molecule has 37 heavy (non-hydrogen) atoms. The zero-order chi connectivity index (χ0) is 26.6. The first kappa shape index (κ1) is 26.5. The fraction of sp³-hybridized carbons (Fsp3) is 0.414. The highest BCUT2D eigenvalue weighted by molar-refractivity contribution is 5.79. The number of nitrogens with zero attached hydrogens (tertiary/aromatic N) is 4. The highest BCUT2D eigenvalue weighted by atomic mass is 19.1. The van der Waals surface area contributed by atoms with Crippen molar-refractivity contribution in [2.45, 2.75) is 52.5 Å². The van der Waals surface area contributed by atoms with E-state index in [0.29, 0.717) is 22.6 Å². The Morgan fingerprint density at radius 1 is 1.05 bits per heavy atom. The number of halogens is 2. The molecule has 0 aliphatic carbocycles. The van der Waals surface area contributed by atoms with Crippen molar-refractivity contribution < 1.29 is 18.3 Å². The summed E-state index contributed by atoms with van der Waals surface area (Å²) in [5, 5.41) is 12.3. The summed E-state index contributed by atoms with van der Waals surface area (Å²) in [6.07, 6.45) is 7.74. The fourth-order valence-corrected chi connectivity index (χ4v) is 4.19. The lowest BCUT2D eigenvalue weighted by molar-refractivity contribution is -0.530. The van der Waals surface area contributed by atoms with Gasteiger partial charge in [0.2, 0.25) is 5.95 Å². The molecule has 0 atom stereocenters. The topological polar surface area (TPSA) is 64.3 Å². The average Bonchev–Trinajstić information content (AvgIpc) is 2.88. The molecular formula is C29H34F2N4O2. The summed E-state index contributed by atoms with van der Waals surface area (Å²) in [5.74, 6) is -0.939. The molecule has 1 aliphatic rings. The maximum atomic E-state index is 14.9. The van der Waals surface area contributed by atoms with Gasteiger partial charge in [-0.2, -0.15) is 0 Å². The third-order valence-electron chi connectivity index (χ3n) is 6.61. The SMILES string of the molecule is CCc1cnc(N2CCC(COc3c(F)cc(-c4cccc(/C=[N+](\[O-])C(C)(C)C)c4)cc3F)CC2)nc1. The molecule has 0 saturated carbocycles. The summed E-state index contributed by atoms with van der Waals surface area (Å²) < 4.78 is 36.3. The molecule has 1 fully saturated rings. The van der Waals surface area contributed by atoms with Crippen LogP contribution in [0.5, 0.6) is 5.75 Å². The lowest BCUT2D eigenvalue weighted by Crippen LogP contribution is -2.36. The number of hydrogen-bond donors (Lipinski definition) is 0. The van der Waals surface area contributed by atoms with Gasteiger partial charge in [0.15, 0.2) is 29.1 Å². The molecule has 8 heteroatoms. The Hall–Kier alpha value is -3.55. The van der Waals surface area contributed by atoms with Crippen LogP contribution in [-0.4, -0.2) is 46.2 Å². The van der Waals surface area contributed by atoms with Gasteiger partial charge >= 0.3 is 0 Å². The molecule has 0 amide bonds. The summed E-state index contributed by atoms with van der Waals surface area (Å²) in [7, 11) is 0. The van der Waals surface area contributed by atoms with Crippen LogP contribution in [0.15, 0.2) is 48.8 Å². The Balaban J connectivity index is 1.39. The van der Waals surface area contributed by atoms with E-state index < -0.39 is 17.2 Å². The number of rotatable bonds is 7. The minimum Gasteiger partial charge on any atom is -0.623 e. The molecular weight excluding hydrogens is 474 g/mol. The molecule has 0 bridgehead atoms. The van der Waals surface area contributed by atoms with Crippen molar-refractivity contribution in [1.82, 2.24) is 9.97 Å². The summed E-state index contributed by atoms with van der Waals surface area (Å²) in [5.41, 5.74) is 2.16.